The minimum atomic E-state index is -0.513. The molecule has 1 N–H and O–H groups in total. The highest BCUT2D eigenvalue weighted by molar-refractivity contribution is 5.82. The number of hydrogen-bond acceptors (Lipinski definition) is 4. The minimum Gasteiger partial charge on any atom is -0.485 e. The van der Waals surface area contributed by atoms with Gasteiger partial charge in [0.05, 0.1) is 6.61 Å². The molecule has 0 amide bonds. The Morgan fingerprint density at radius 2 is 1.71 bits per heavy atom. The van der Waals surface area contributed by atoms with Gasteiger partial charge in [0, 0.05) is 24.9 Å². The van der Waals surface area contributed by atoms with Crippen molar-refractivity contribution in [2.24, 2.45) is 5.92 Å². The van der Waals surface area contributed by atoms with Gasteiger partial charge in [-0.15, -0.1) is 0 Å². The second-order valence-electron chi connectivity index (χ2n) is 10.7. The third-order valence-corrected chi connectivity index (χ3v) is 7.73. The molecule has 4 heteroatoms. The molecule has 1 saturated carbocycles. The largest absolute Gasteiger partial charge is 0.485 e. The smallest absolute Gasteiger partial charge is 0.132 e. The van der Waals surface area contributed by atoms with Gasteiger partial charge >= 0.3 is 0 Å². The van der Waals surface area contributed by atoms with E-state index in [9.17, 15) is 0 Å². The third-order valence-electron chi connectivity index (χ3n) is 7.73. The second kappa shape index (κ2) is 10.6. The summed E-state index contributed by atoms with van der Waals surface area (Å²) >= 11 is 0. The van der Waals surface area contributed by atoms with E-state index < -0.39 is 5.60 Å². The Kier molecular flexibility index (Phi) is 7.31. The zero-order chi connectivity index (χ0) is 24.3. The molecule has 186 valence electrons. The van der Waals surface area contributed by atoms with Crippen LogP contribution in [0, 0.1) is 5.92 Å². The van der Waals surface area contributed by atoms with Crippen LogP contribution in [0.2, 0.25) is 0 Å². The summed E-state index contributed by atoms with van der Waals surface area (Å²) in [7, 11) is 1.95. The van der Waals surface area contributed by atoms with Gasteiger partial charge < -0.3 is 19.5 Å². The summed E-state index contributed by atoms with van der Waals surface area (Å²) in [6.07, 6.45) is 7.51. The van der Waals surface area contributed by atoms with Crippen LogP contribution in [0.3, 0.4) is 0 Å². The van der Waals surface area contributed by atoms with Crippen molar-refractivity contribution in [3.63, 3.8) is 0 Å². The summed E-state index contributed by atoms with van der Waals surface area (Å²) in [5.41, 5.74) is 2.78. The number of fused-ring (bicyclic) bond motifs is 2. The molecule has 35 heavy (non-hydrogen) atoms. The van der Waals surface area contributed by atoms with Gasteiger partial charge in [0.2, 0.25) is 0 Å². The molecule has 0 radical (unpaired) electrons. The van der Waals surface area contributed by atoms with E-state index in [0.717, 1.165) is 41.5 Å². The predicted octanol–water partition coefficient (Wildman–Crippen LogP) is 7.67. The van der Waals surface area contributed by atoms with Crippen molar-refractivity contribution < 1.29 is 14.2 Å². The molecule has 0 bridgehead atoms. The highest BCUT2D eigenvalue weighted by Crippen LogP contribution is 2.45. The second-order valence-corrected chi connectivity index (χ2v) is 10.7. The Labute approximate surface area is 210 Å². The van der Waals surface area contributed by atoms with Crippen molar-refractivity contribution in [2.75, 3.05) is 19.0 Å². The lowest BCUT2D eigenvalue weighted by Gasteiger charge is -2.44. The van der Waals surface area contributed by atoms with Gasteiger partial charge in [0.25, 0.3) is 0 Å². The lowest BCUT2D eigenvalue weighted by atomic mass is 9.86. The number of hydrogen-bond donors (Lipinski definition) is 1. The molecule has 0 saturated heterocycles. The van der Waals surface area contributed by atoms with Crippen LogP contribution in [0.5, 0.6) is 5.75 Å². The first-order chi connectivity index (χ1) is 17.0. The molecule has 4 nitrogen and oxygen atoms in total. The third kappa shape index (κ3) is 5.49. The Bertz CT molecular complexity index is 1140. The molecule has 0 aromatic heterocycles. The van der Waals surface area contributed by atoms with E-state index in [1.165, 1.54) is 42.9 Å². The van der Waals surface area contributed by atoms with Crippen LogP contribution in [-0.2, 0) is 16.1 Å². The monoisotopic (exact) mass is 473 g/mol. The summed E-state index contributed by atoms with van der Waals surface area (Å²) < 4.78 is 19.8. The van der Waals surface area contributed by atoms with Gasteiger partial charge in [-0.25, -0.2) is 0 Å². The van der Waals surface area contributed by atoms with Gasteiger partial charge in [-0.05, 0) is 66.8 Å². The van der Waals surface area contributed by atoms with E-state index in [1.54, 1.807) is 0 Å². The normalized spacial score (nSPS) is 21.9. The lowest BCUT2D eigenvalue weighted by Crippen LogP contribution is -2.51. The fourth-order valence-corrected chi connectivity index (χ4v) is 5.71. The first-order valence-electron chi connectivity index (χ1n) is 13.2. The van der Waals surface area contributed by atoms with Crippen molar-refractivity contribution in [1.29, 1.82) is 0 Å². The summed E-state index contributed by atoms with van der Waals surface area (Å²) in [4.78, 5) is 0. The molecule has 1 fully saturated rings. The molecule has 3 aromatic rings. The van der Waals surface area contributed by atoms with E-state index in [1.807, 2.05) is 7.05 Å². The predicted molar refractivity (Wildman–Crippen MR) is 143 cm³/mol. The zero-order valence-corrected chi connectivity index (χ0v) is 21.4. The fraction of sp³-hybridized carbons (Fsp3) is 0.484. The Morgan fingerprint density at radius 3 is 2.51 bits per heavy atom. The molecule has 2 atom stereocenters. The summed E-state index contributed by atoms with van der Waals surface area (Å²) in [5.74, 6) is 1.68. The fourth-order valence-electron chi connectivity index (χ4n) is 5.71. The molecule has 3 aromatic carbocycles. The van der Waals surface area contributed by atoms with Gasteiger partial charge in [0.15, 0.2) is 0 Å². The van der Waals surface area contributed by atoms with Crippen molar-refractivity contribution in [2.45, 2.75) is 76.8 Å². The number of ether oxygens (including phenoxy) is 3. The summed E-state index contributed by atoms with van der Waals surface area (Å²) in [6.45, 7) is 5.51. The van der Waals surface area contributed by atoms with Gasteiger partial charge in [-0.2, -0.15) is 0 Å². The van der Waals surface area contributed by atoms with Crippen LogP contribution < -0.4 is 10.1 Å². The van der Waals surface area contributed by atoms with E-state index in [-0.39, 0.29) is 12.2 Å². The molecule has 5 rings (SSSR count). The Hall–Kier alpha value is -2.56. The number of benzene rings is 3. The van der Waals surface area contributed by atoms with Crippen molar-refractivity contribution >= 4 is 16.5 Å². The van der Waals surface area contributed by atoms with Crippen molar-refractivity contribution in [3.8, 4) is 5.75 Å². The first-order valence-corrected chi connectivity index (χ1v) is 13.2. The zero-order valence-electron chi connectivity index (χ0n) is 21.4. The highest BCUT2D eigenvalue weighted by atomic mass is 16.6. The molecule has 2 aliphatic rings. The van der Waals surface area contributed by atoms with Crippen molar-refractivity contribution in [1.82, 2.24) is 0 Å². The van der Waals surface area contributed by atoms with Gasteiger partial charge in [0.1, 0.15) is 23.6 Å². The van der Waals surface area contributed by atoms with E-state index in [0.29, 0.717) is 6.61 Å². The topological polar surface area (TPSA) is 39.7 Å². The molecule has 2 unspecified atom stereocenters. The lowest BCUT2D eigenvalue weighted by molar-refractivity contribution is -0.168. The quantitative estimate of drug-likeness (QED) is 0.364. The van der Waals surface area contributed by atoms with Crippen LogP contribution >= 0.6 is 0 Å². The molecule has 1 heterocycles. The van der Waals surface area contributed by atoms with Crippen LogP contribution in [0.4, 0.5) is 5.69 Å². The van der Waals surface area contributed by atoms with Crippen molar-refractivity contribution in [3.05, 3.63) is 71.8 Å². The van der Waals surface area contributed by atoms with Crippen LogP contribution in [0.1, 0.15) is 69.6 Å². The average molecular weight is 474 g/mol. The average Bonchev–Trinajstić information content (AvgIpc) is 2.88. The maximum Gasteiger partial charge on any atom is 0.132 e. The Morgan fingerprint density at radius 1 is 0.914 bits per heavy atom. The highest BCUT2D eigenvalue weighted by Gasteiger charge is 2.45. The van der Waals surface area contributed by atoms with Crippen LogP contribution in [0.25, 0.3) is 10.8 Å². The summed E-state index contributed by atoms with van der Waals surface area (Å²) in [5, 5.41) is 5.74. The first kappa shape index (κ1) is 24.1. The Balaban J connectivity index is 1.37. The maximum absolute atomic E-state index is 6.69. The molecular formula is C31H39NO3. The number of anilines is 1. The van der Waals surface area contributed by atoms with E-state index in [2.05, 4.69) is 79.8 Å². The number of nitrogens with one attached hydrogen (secondary N) is 1. The molecular weight excluding hydrogens is 434 g/mol. The van der Waals surface area contributed by atoms with E-state index >= 15 is 0 Å². The van der Waals surface area contributed by atoms with Crippen LogP contribution in [0.15, 0.2) is 60.7 Å². The maximum atomic E-state index is 6.69. The SMILES string of the molecule is CNc1ccc2c(c1)C(OCCC1CCCCC1)C(OCc1ccc3ccccc3c1)C(C)(C)O2. The van der Waals surface area contributed by atoms with E-state index in [4.69, 9.17) is 14.2 Å². The summed E-state index contributed by atoms with van der Waals surface area (Å²) in [6, 6.07) is 21.3. The molecule has 0 spiro atoms. The van der Waals surface area contributed by atoms with Gasteiger partial charge in [-0.3, -0.25) is 0 Å². The minimum absolute atomic E-state index is 0.175. The standard InChI is InChI=1S/C31H39NO3/c1-31(2)30(34-21-23-13-14-24-11-7-8-12-25(24)19-23)29(33-18-17-22-9-5-4-6-10-22)27-20-26(32-3)15-16-28(27)35-31/h7-8,11-16,19-20,22,29-30,32H,4-6,9-10,17-18,21H2,1-3H3. The van der Waals surface area contributed by atoms with Gasteiger partial charge in [-0.1, -0.05) is 68.5 Å². The molecule has 1 aliphatic heterocycles. The number of rotatable bonds is 8. The molecule has 1 aliphatic carbocycles. The van der Waals surface area contributed by atoms with Crippen LogP contribution in [-0.4, -0.2) is 25.4 Å².